The number of thiophene rings is 1. The molecule has 3 heterocycles. The van der Waals surface area contributed by atoms with E-state index in [2.05, 4.69) is 44.8 Å². The van der Waals surface area contributed by atoms with Crippen molar-refractivity contribution in [2.45, 2.75) is 13.1 Å². The Labute approximate surface area is 134 Å². The number of nitrogens with zero attached hydrogens (tertiary/aromatic N) is 2. The van der Waals surface area contributed by atoms with Gasteiger partial charge in [0.15, 0.2) is 0 Å². The highest BCUT2D eigenvalue weighted by Gasteiger charge is 2.09. The van der Waals surface area contributed by atoms with Crippen LogP contribution in [0, 0.1) is 0 Å². The third kappa shape index (κ3) is 3.40. The van der Waals surface area contributed by atoms with Gasteiger partial charge in [-0.25, -0.2) is 4.98 Å². The number of pyridine rings is 1. The van der Waals surface area contributed by atoms with E-state index in [0.29, 0.717) is 5.65 Å². The molecule has 0 aliphatic heterocycles. The third-order valence-corrected chi connectivity index (χ3v) is 4.45. The van der Waals surface area contributed by atoms with Crippen LogP contribution in [0.2, 0.25) is 0 Å². The van der Waals surface area contributed by atoms with Crippen LogP contribution in [0.25, 0.3) is 5.65 Å². The molecule has 3 aromatic heterocycles. The van der Waals surface area contributed by atoms with E-state index in [-0.39, 0.29) is 5.56 Å². The fourth-order valence-electron chi connectivity index (χ4n) is 2.33. The SMILES string of the molecule is C[NH+](Cc1ccsc1)Cc1cc(=O)n2cc(Br)ccc2n1. The number of nitrogens with one attached hydrogen (secondary N) is 1. The zero-order chi connectivity index (χ0) is 14.8. The van der Waals surface area contributed by atoms with Crippen molar-refractivity contribution in [1.82, 2.24) is 9.38 Å². The Kier molecular flexibility index (Phi) is 4.19. The molecule has 0 aliphatic rings. The van der Waals surface area contributed by atoms with Crippen molar-refractivity contribution in [1.29, 1.82) is 0 Å². The molecule has 3 aromatic rings. The van der Waals surface area contributed by atoms with Crippen molar-refractivity contribution >= 4 is 32.9 Å². The number of halogens is 1. The Bertz CT molecular complexity index is 813. The van der Waals surface area contributed by atoms with Crippen LogP contribution in [0.1, 0.15) is 11.3 Å². The predicted octanol–water partition coefficient (Wildman–Crippen LogP) is 1.73. The predicted molar refractivity (Wildman–Crippen MR) is 87.8 cm³/mol. The van der Waals surface area contributed by atoms with E-state index < -0.39 is 0 Å². The molecule has 0 aliphatic carbocycles. The van der Waals surface area contributed by atoms with E-state index >= 15 is 0 Å². The normalized spacial score (nSPS) is 12.7. The van der Waals surface area contributed by atoms with Gasteiger partial charge in [-0.05, 0) is 44.9 Å². The summed E-state index contributed by atoms with van der Waals surface area (Å²) in [6, 6.07) is 7.50. The van der Waals surface area contributed by atoms with Gasteiger partial charge < -0.3 is 4.90 Å². The highest BCUT2D eigenvalue weighted by atomic mass is 79.9. The molecule has 1 unspecified atom stereocenters. The van der Waals surface area contributed by atoms with Gasteiger partial charge in [0, 0.05) is 22.3 Å². The lowest BCUT2D eigenvalue weighted by atomic mass is 10.3. The van der Waals surface area contributed by atoms with Crippen LogP contribution in [0.3, 0.4) is 0 Å². The van der Waals surface area contributed by atoms with Crippen LogP contribution in [-0.2, 0) is 13.1 Å². The molecule has 0 fully saturated rings. The van der Waals surface area contributed by atoms with Crippen LogP contribution >= 0.6 is 27.3 Å². The first-order valence-electron chi connectivity index (χ1n) is 6.62. The summed E-state index contributed by atoms with van der Waals surface area (Å²) in [6.07, 6.45) is 1.75. The summed E-state index contributed by atoms with van der Waals surface area (Å²) in [7, 11) is 2.11. The van der Waals surface area contributed by atoms with Crippen molar-refractivity contribution in [3.63, 3.8) is 0 Å². The van der Waals surface area contributed by atoms with Crippen LogP contribution in [-0.4, -0.2) is 16.4 Å². The number of rotatable bonds is 4. The smallest absolute Gasteiger partial charge is 0.258 e. The van der Waals surface area contributed by atoms with Crippen LogP contribution < -0.4 is 10.5 Å². The Balaban J connectivity index is 1.84. The molecular weight excluding hydrogens is 350 g/mol. The standard InChI is InChI=1S/C15H14BrN3OS/c1-18(7-11-4-5-21-10-11)9-13-6-15(20)19-8-12(16)2-3-14(19)17-13/h2-6,8,10H,7,9H2,1H3/p+1. The Morgan fingerprint density at radius 1 is 1.33 bits per heavy atom. The minimum Gasteiger partial charge on any atom is -0.329 e. The highest BCUT2D eigenvalue weighted by molar-refractivity contribution is 9.10. The largest absolute Gasteiger partial charge is 0.329 e. The minimum absolute atomic E-state index is 0.0420. The molecule has 6 heteroatoms. The molecule has 0 bridgehead atoms. The average Bonchev–Trinajstić information content (AvgIpc) is 2.92. The van der Waals surface area contributed by atoms with Gasteiger partial charge in [0.05, 0.1) is 7.05 Å². The molecule has 3 rings (SSSR count). The van der Waals surface area contributed by atoms with E-state index in [1.165, 1.54) is 10.5 Å². The lowest BCUT2D eigenvalue weighted by molar-refractivity contribution is -0.908. The summed E-state index contributed by atoms with van der Waals surface area (Å²) >= 11 is 5.07. The fraction of sp³-hybridized carbons (Fsp3) is 0.200. The van der Waals surface area contributed by atoms with Crippen molar-refractivity contribution < 1.29 is 4.90 Å². The first-order chi connectivity index (χ1) is 10.1. The second kappa shape index (κ2) is 6.09. The van der Waals surface area contributed by atoms with Crippen molar-refractivity contribution in [2.75, 3.05) is 7.05 Å². The molecular formula is C15H15BrN3OS+. The summed E-state index contributed by atoms with van der Waals surface area (Å²) in [5.74, 6) is 0. The van der Waals surface area contributed by atoms with Gasteiger partial charge >= 0.3 is 0 Å². The molecule has 0 saturated carbocycles. The molecule has 4 nitrogen and oxygen atoms in total. The summed E-state index contributed by atoms with van der Waals surface area (Å²) in [6.45, 7) is 1.67. The number of aromatic nitrogens is 2. The maximum atomic E-state index is 12.1. The molecule has 0 spiro atoms. The van der Waals surface area contributed by atoms with Gasteiger partial charge in [0.25, 0.3) is 5.56 Å². The molecule has 0 saturated heterocycles. The first-order valence-corrected chi connectivity index (χ1v) is 8.35. The first kappa shape index (κ1) is 14.4. The van der Waals surface area contributed by atoms with Gasteiger partial charge in [-0.2, -0.15) is 11.3 Å². The second-order valence-electron chi connectivity index (χ2n) is 5.10. The number of quaternary nitrogens is 1. The summed E-state index contributed by atoms with van der Waals surface area (Å²) in [4.78, 5) is 18.0. The molecule has 1 atom stereocenters. The molecule has 0 aromatic carbocycles. The quantitative estimate of drug-likeness (QED) is 0.765. The van der Waals surface area contributed by atoms with Gasteiger partial charge in [-0.15, -0.1) is 0 Å². The van der Waals surface area contributed by atoms with E-state index in [4.69, 9.17) is 0 Å². The summed E-state index contributed by atoms with van der Waals surface area (Å²) < 4.78 is 2.42. The van der Waals surface area contributed by atoms with E-state index in [0.717, 1.165) is 23.3 Å². The summed E-state index contributed by atoms with van der Waals surface area (Å²) in [5.41, 5.74) is 2.79. The zero-order valence-electron chi connectivity index (χ0n) is 11.5. The van der Waals surface area contributed by atoms with Crippen LogP contribution in [0.5, 0.6) is 0 Å². The maximum Gasteiger partial charge on any atom is 0.258 e. The maximum absolute atomic E-state index is 12.1. The number of hydrogen-bond acceptors (Lipinski definition) is 3. The molecule has 108 valence electrons. The van der Waals surface area contributed by atoms with Gasteiger partial charge in [-0.1, -0.05) is 0 Å². The monoisotopic (exact) mass is 364 g/mol. The number of hydrogen-bond donors (Lipinski definition) is 1. The van der Waals surface area contributed by atoms with Crippen LogP contribution in [0.4, 0.5) is 0 Å². The van der Waals surface area contributed by atoms with E-state index in [9.17, 15) is 4.79 Å². The minimum atomic E-state index is -0.0420. The summed E-state index contributed by atoms with van der Waals surface area (Å²) in [5, 5.41) is 4.24. The van der Waals surface area contributed by atoms with E-state index in [1.807, 2.05) is 12.1 Å². The van der Waals surface area contributed by atoms with Gasteiger partial charge in [0.2, 0.25) is 0 Å². The van der Waals surface area contributed by atoms with Crippen molar-refractivity contribution in [3.8, 4) is 0 Å². The molecule has 21 heavy (non-hydrogen) atoms. The van der Waals surface area contributed by atoms with Crippen molar-refractivity contribution in [3.05, 3.63) is 67.3 Å². The highest BCUT2D eigenvalue weighted by Crippen LogP contribution is 2.09. The Morgan fingerprint density at radius 3 is 2.95 bits per heavy atom. The van der Waals surface area contributed by atoms with Gasteiger partial charge in [-0.3, -0.25) is 9.20 Å². The average molecular weight is 365 g/mol. The van der Waals surface area contributed by atoms with Crippen molar-refractivity contribution in [2.24, 2.45) is 0 Å². The van der Waals surface area contributed by atoms with Crippen LogP contribution in [0.15, 0.2) is 50.5 Å². The lowest BCUT2D eigenvalue weighted by Gasteiger charge is -2.13. The Morgan fingerprint density at radius 2 is 2.19 bits per heavy atom. The fourth-order valence-corrected chi connectivity index (χ4v) is 3.34. The topological polar surface area (TPSA) is 38.8 Å². The zero-order valence-corrected chi connectivity index (χ0v) is 13.9. The Hall–Kier alpha value is -1.50. The number of fused-ring (bicyclic) bond motifs is 1. The molecule has 0 radical (unpaired) electrons. The lowest BCUT2D eigenvalue weighted by Crippen LogP contribution is -3.06. The second-order valence-corrected chi connectivity index (χ2v) is 6.80. The third-order valence-electron chi connectivity index (χ3n) is 3.25. The van der Waals surface area contributed by atoms with Gasteiger partial charge in [0.1, 0.15) is 24.4 Å². The van der Waals surface area contributed by atoms with E-state index in [1.54, 1.807) is 28.0 Å². The molecule has 0 amide bonds. The molecule has 1 N–H and O–H groups in total.